The zero-order valence-corrected chi connectivity index (χ0v) is 23.1. The molecular weight excluding hydrogens is 400 g/mol. The molecule has 0 heterocycles. The standard InChI is InChI=1S/C32H54O/c1-20(2)24(21(3)4)10-9-22(5)25-13-15-30(8)28-12-11-26-23(6)27(33)14-16-31(26)19-32(28,31)18-17-29(25,30)7/h21-28,33H,1,9-19H2,2-8H3. The summed E-state index contributed by atoms with van der Waals surface area (Å²) in [6, 6.07) is 0. The van der Waals surface area contributed by atoms with Gasteiger partial charge in [-0.1, -0.05) is 53.7 Å². The van der Waals surface area contributed by atoms with Gasteiger partial charge in [0.2, 0.25) is 0 Å². The highest BCUT2D eigenvalue weighted by Crippen LogP contribution is 2.88. The van der Waals surface area contributed by atoms with Crippen LogP contribution in [0.3, 0.4) is 0 Å². The van der Waals surface area contributed by atoms with Crippen LogP contribution in [-0.2, 0) is 0 Å². The second-order valence-corrected chi connectivity index (χ2v) is 14.9. The van der Waals surface area contributed by atoms with Crippen molar-refractivity contribution in [1.29, 1.82) is 0 Å². The minimum Gasteiger partial charge on any atom is -0.393 e. The highest BCUT2D eigenvalue weighted by Gasteiger charge is 2.81. The molecule has 0 aromatic carbocycles. The Kier molecular flexibility index (Phi) is 5.80. The largest absolute Gasteiger partial charge is 0.393 e. The minimum absolute atomic E-state index is 0.0372. The van der Waals surface area contributed by atoms with Crippen LogP contribution in [0.15, 0.2) is 12.2 Å². The van der Waals surface area contributed by atoms with Crippen LogP contribution in [0.2, 0.25) is 0 Å². The van der Waals surface area contributed by atoms with E-state index >= 15 is 0 Å². The van der Waals surface area contributed by atoms with E-state index < -0.39 is 0 Å². The van der Waals surface area contributed by atoms with Crippen LogP contribution in [0, 0.1) is 63.1 Å². The van der Waals surface area contributed by atoms with Gasteiger partial charge >= 0.3 is 0 Å². The molecule has 5 saturated carbocycles. The van der Waals surface area contributed by atoms with E-state index in [-0.39, 0.29) is 6.10 Å². The Morgan fingerprint density at radius 2 is 1.64 bits per heavy atom. The summed E-state index contributed by atoms with van der Waals surface area (Å²) in [5.74, 6) is 5.41. The molecule has 11 atom stereocenters. The molecule has 2 spiro atoms. The lowest BCUT2D eigenvalue weighted by Crippen LogP contribution is -2.55. The first kappa shape index (κ1) is 24.4. The summed E-state index contributed by atoms with van der Waals surface area (Å²) in [6.07, 6.45) is 15.3. The number of hydrogen-bond acceptors (Lipinski definition) is 1. The fraction of sp³-hybridized carbons (Fsp3) is 0.938. The van der Waals surface area contributed by atoms with Gasteiger partial charge in [-0.05, 0) is 141 Å². The van der Waals surface area contributed by atoms with E-state index in [9.17, 15) is 5.11 Å². The Balaban J connectivity index is 1.35. The van der Waals surface area contributed by atoms with Gasteiger partial charge in [-0.15, -0.1) is 0 Å². The Labute approximate surface area is 205 Å². The molecule has 0 radical (unpaired) electrons. The second kappa shape index (κ2) is 7.85. The Morgan fingerprint density at radius 1 is 0.909 bits per heavy atom. The molecule has 1 N–H and O–H groups in total. The Morgan fingerprint density at radius 3 is 2.30 bits per heavy atom. The fourth-order valence-electron chi connectivity index (χ4n) is 11.8. The fourth-order valence-corrected chi connectivity index (χ4v) is 11.8. The van der Waals surface area contributed by atoms with Crippen LogP contribution in [0.5, 0.6) is 0 Å². The number of allylic oxidation sites excluding steroid dienone is 1. The number of aliphatic hydroxyl groups excluding tert-OH is 1. The molecule has 5 aliphatic rings. The monoisotopic (exact) mass is 454 g/mol. The van der Waals surface area contributed by atoms with Crippen molar-refractivity contribution in [2.75, 3.05) is 0 Å². The lowest BCUT2D eigenvalue weighted by molar-refractivity contribution is -0.143. The van der Waals surface area contributed by atoms with Crippen molar-refractivity contribution in [2.45, 2.75) is 125 Å². The van der Waals surface area contributed by atoms with Crippen molar-refractivity contribution in [2.24, 2.45) is 63.1 Å². The molecule has 33 heavy (non-hydrogen) atoms. The summed E-state index contributed by atoms with van der Waals surface area (Å²) in [6.45, 7) is 21.8. The molecule has 5 fully saturated rings. The predicted octanol–water partition coefficient (Wildman–Crippen LogP) is 8.66. The van der Waals surface area contributed by atoms with E-state index in [0.29, 0.717) is 39.4 Å². The summed E-state index contributed by atoms with van der Waals surface area (Å²) in [5.41, 5.74) is 3.69. The van der Waals surface area contributed by atoms with Crippen molar-refractivity contribution in [3.8, 4) is 0 Å². The number of rotatable bonds is 6. The van der Waals surface area contributed by atoms with Crippen LogP contribution in [0.25, 0.3) is 0 Å². The van der Waals surface area contributed by atoms with Crippen molar-refractivity contribution in [3.63, 3.8) is 0 Å². The summed E-state index contributed by atoms with van der Waals surface area (Å²) in [4.78, 5) is 0. The molecule has 188 valence electrons. The molecule has 0 amide bonds. The summed E-state index contributed by atoms with van der Waals surface area (Å²) in [7, 11) is 0. The van der Waals surface area contributed by atoms with Crippen LogP contribution in [0.4, 0.5) is 0 Å². The third kappa shape index (κ3) is 3.12. The molecule has 0 bridgehead atoms. The van der Waals surface area contributed by atoms with E-state index in [2.05, 4.69) is 55.0 Å². The summed E-state index contributed by atoms with van der Waals surface area (Å²) < 4.78 is 0. The average molecular weight is 455 g/mol. The van der Waals surface area contributed by atoms with Crippen molar-refractivity contribution in [1.82, 2.24) is 0 Å². The number of aliphatic hydroxyl groups is 1. The first-order valence-corrected chi connectivity index (χ1v) is 14.8. The van der Waals surface area contributed by atoms with E-state index in [1.165, 1.54) is 69.8 Å². The van der Waals surface area contributed by atoms with Gasteiger partial charge in [-0.25, -0.2) is 0 Å². The molecule has 11 unspecified atom stereocenters. The zero-order valence-electron chi connectivity index (χ0n) is 23.1. The predicted molar refractivity (Wildman–Crippen MR) is 140 cm³/mol. The molecule has 5 rings (SSSR count). The van der Waals surface area contributed by atoms with Gasteiger partial charge in [0, 0.05) is 0 Å². The van der Waals surface area contributed by atoms with E-state index in [1.54, 1.807) is 0 Å². The van der Waals surface area contributed by atoms with E-state index in [4.69, 9.17) is 0 Å². The SMILES string of the molecule is C=C(C)C(CCC(C)C1CCC2(C)C3CCC4C(C)C(O)CCC45CC35CCC12C)C(C)C. The minimum atomic E-state index is -0.0372. The van der Waals surface area contributed by atoms with E-state index in [0.717, 1.165) is 30.1 Å². The third-order valence-electron chi connectivity index (χ3n) is 13.8. The van der Waals surface area contributed by atoms with Crippen LogP contribution < -0.4 is 0 Å². The van der Waals surface area contributed by atoms with Gasteiger partial charge in [-0.3, -0.25) is 0 Å². The van der Waals surface area contributed by atoms with Gasteiger partial charge in [-0.2, -0.15) is 0 Å². The first-order valence-electron chi connectivity index (χ1n) is 14.8. The number of hydrogen-bond donors (Lipinski definition) is 1. The van der Waals surface area contributed by atoms with Gasteiger partial charge in [0.15, 0.2) is 0 Å². The molecule has 0 aromatic rings. The molecule has 0 saturated heterocycles. The van der Waals surface area contributed by atoms with Crippen molar-refractivity contribution < 1.29 is 5.11 Å². The average Bonchev–Trinajstić information content (AvgIpc) is 3.33. The van der Waals surface area contributed by atoms with Crippen molar-refractivity contribution in [3.05, 3.63) is 12.2 Å². The molecule has 5 aliphatic carbocycles. The van der Waals surface area contributed by atoms with E-state index in [1.807, 2.05) is 0 Å². The maximum absolute atomic E-state index is 10.6. The normalized spacial score (nSPS) is 52.3. The van der Waals surface area contributed by atoms with Gasteiger partial charge in [0.1, 0.15) is 0 Å². The smallest absolute Gasteiger partial charge is 0.0568 e. The summed E-state index contributed by atoms with van der Waals surface area (Å²) >= 11 is 0. The maximum Gasteiger partial charge on any atom is 0.0568 e. The number of fused-ring (bicyclic) bond motifs is 2. The Hall–Kier alpha value is -0.300. The first-order chi connectivity index (χ1) is 15.4. The Bertz CT molecular complexity index is 783. The molecule has 0 aliphatic heterocycles. The topological polar surface area (TPSA) is 20.2 Å². The lowest BCUT2D eigenvalue weighted by Gasteiger charge is -2.62. The van der Waals surface area contributed by atoms with Gasteiger partial charge in [0.05, 0.1) is 6.10 Å². The van der Waals surface area contributed by atoms with Crippen LogP contribution >= 0.6 is 0 Å². The van der Waals surface area contributed by atoms with Crippen molar-refractivity contribution >= 4 is 0 Å². The highest BCUT2D eigenvalue weighted by atomic mass is 16.3. The maximum atomic E-state index is 10.6. The molecule has 0 aromatic heterocycles. The van der Waals surface area contributed by atoms with Crippen LogP contribution in [-0.4, -0.2) is 11.2 Å². The third-order valence-corrected chi connectivity index (χ3v) is 13.8. The molecular formula is C32H54O. The second-order valence-electron chi connectivity index (χ2n) is 14.9. The lowest BCUT2D eigenvalue weighted by atomic mass is 9.43. The highest BCUT2D eigenvalue weighted by molar-refractivity contribution is 5.29. The molecule has 1 nitrogen and oxygen atoms in total. The molecule has 1 heteroatoms. The zero-order chi connectivity index (χ0) is 24.0. The summed E-state index contributed by atoms with van der Waals surface area (Å²) in [5, 5.41) is 10.6. The van der Waals surface area contributed by atoms with Gasteiger partial charge < -0.3 is 5.11 Å². The quantitative estimate of drug-likeness (QED) is 0.398. The van der Waals surface area contributed by atoms with Crippen LogP contribution in [0.1, 0.15) is 119 Å². The van der Waals surface area contributed by atoms with Gasteiger partial charge in [0.25, 0.3) is 0 Å².